The predicted octanol–water partition coefficient (Wildman–Crippen LogP) is 6.13. The van der Waals surface area contributed by atoms with Crippen molar-refractivity contribution in [2.75, 3.05) is 0 Å². The summed E-state index contributed by atoms with van der Waals surface area (Å²) in [6.07, 6.45) is 14.3. The Labute approximate surface area is 137 Å². The first-order valence-electron chi connectivity index (χ1n) is 9.49. The quantitative estimate of drug-likeness (QED) is 0.305. The van der Waals surface area contributed by atoms with Crippen molar-refractivity contribution in [1.29, 1.82) is 0 Å². The van der Waals surface area contributed by atoms with Gasteiger partial charge in [0.15, 0.2) is 0 Å². The van der Waals surface area contributed by atoms with Crippen LogP contribution < -0.4 is 0 Å². The van der Waals surface area contributed by atoms with Crippen molar-refractivity contribution in [2.45, 2.75) is 102 Å². The molecule has 0 aromatic heterocycles. The molecule has 0 saturated heterocycles. The molecule has 2 saturated carbocycles. The third kappa shape index (κ3) is 4.04. The highest BCUT2D eigenvalue weighted by Crippen LogP contribution is 2.53. The van der Waals surface area contributed by atoms with Crippen LogP contribution in [-0.2, 0) is 9.22 Å². The van der Waals surface area contributed by atoms with E-state index in [1.165, 1.54) is 76.7 Å². The van der Waals surface area contributed by atoms with Gasteiger partial charge in [-0.2, -0.15) is 0 Å². The Balaban J connectivity index is 2.23. The standard InChI is InChI=1S/C19H34O2Si/c1-4-5-10-15-22(17-11-6-7-12-17,18-13-8-9-14-18)21-19(20)16(2)3/h17-18H,2,4-15H2,1,3H3. The molecule has 2 nitrogen and oxygen atoms in total. The summed E-state index contributed by atoms with van der Waals surface area (Å²) in [6, 6.07) is 1.20. The second kappa shape index (κ2) is 8.33. The molecule has 126 valence electrons. The highest BCUT2D eigenvalue weighted by Gasteiger charge is 2.52. The lowest BCUT2D eigenvalue weighted by Crippen LogP contribution is -2.48. The van der Waals surface area contributed by atoms with E-state index in [9.17, 15) is 4.79 Å². The van der Waals surface area contributed by atoms with Gasteiger partial charge in [-0.1, -0.05) is 58.4 Å². The first-order valence-corrected chi connectivity index (χ1v) is 11.8. The van der Waals surface area contributed by atoms with E-state index in [-0.39, 0.29) is 5.97 Å². The van der Waals surface area contributed by atoms with Gasteiger partial charge in [0.25, 0.3) is 8.32 Å². The first-order chi connectivity index (χ1) is 10.6. The summed E-state index contributed by atoms with van der Waals surface area (Å²) >= 11 is 0. The van der Waals surface area contributed by atoms with Gasteiger partial charge in [-0.3, -0.25) is 0 Å². The predicted molar refractivity (Wildman–Crippen MR) is 95.4 cm³/mol. The van der Waals surface area contributed by atoms with E-state index < -0.39 is 8.32 Å². The van der Waals surface area contributed by atoms with Gasteiger partial charge >= 0.3 is 5.97 Å². The molecule has 0 aromatic rings. The van der Waals surface area contributed by atoms with Crippen molar-refractivity contribution in [3.63, 3.8) is 0 Å². The fourth-order valence-electron chi connectivity index (χ4n) is 4.70. The van der Waals surface area contributed by atoms with Crippen molar-refractivity contribution in [3.05, 3.63) is 12.2 Å². The minimum Gasteiger partial charge on any atom is -0.515 e. The fourth-order valence-corrected chi connectivity index (χ4v) is 10.7. The van der Waals surface area contributed by atoms with E-state index in [2.05, 4.69) is 13.5 Å². The van der Waals surface area contributed by atoms with Crippen LogP contribution in [0.3, 0.4) is 0 Å². The molecule has 3 heteroatoms. The van der Waals surface area contributed by atoms with Crippen LogP contribution in [0.25, 0.3) is 0 Å². The molecule has 0 aliphatic heterocycles. The smallest absolute Gasteiger partial charge is 0.319 e. The van der Waals surface area contributed by atoms with Gasteiger partial charge in [-0.15, -0.1) is 0 Å². The van der Waals surface area contributed by atoms with Crippen molar-refractivity contribution < 1.29 is 9.22 Å². The summed E-state index contributed by atoms with van der Waals surface area (Å²) in [4.78, 5) is 12.4. The molecule has 0 spiro atoms. The molecule has 0 aromatic carbocycles. The monoisotopic (exact) mass is 322 g/mol. The number of carbonyl (C=O) groups excluding carboxylic acids is 1. The lowest BCUT2D eigenvalue weighted by Gasteiger charge is -2.41. The summed E-state index contributed by atoms with van der Waals surface area (Å²) in [5.74, 6) is -0.0954. The van der Waals surface area contributed by atoms with Crippen molar-refractivity contribution in [2.24, 2.45) is 0 Å². The normalized spacial score (nSPS) is 20.5. The van der Waals surface area contributed by atoms with Gasteiger partial charge in [0.05, 0.1) is 0 Å². The lowest BCUT2D eigenvalue weighted by molar-refractivity contribution is -0.131. The van der Waals surface area contributed by atoms with Gasteiger partial charge in [-0.25, -0.2) is 4.79 Å². The first kappa shape index (κ1) is 17.8. The molecule has 0 amide bonds. The number of carbonyl (C=O) groups is 1. The molecular formula is C19H34O2Si. The lowest BCUT2D eigenvalue weighted by atomic mass is 10.3. The van der Waals surface area contributed by atoms with E-state index in [0.29, 0.717) is 5.57 Å². The molecule has 22 heavy (non-hydrogen) atoms. The zero-order chi connectivity index (χ0) is 16.0. The molecule has 2 aliphatic rings. The van der Waals surface area contributed by atoms with Crippen LogP contribution in [-0.4, -0.2) is 14.3 Å². The SMILES string of the molecule is C=C(C)C(=O)O[Si](CCCCC)(C1CCCC1)C1CCCC1. The molecular weight excluding hydrogens is 288 g/mol. The van der Waals surface area contributed by atoms with Crippen LogP contribution in [0.15, 0.2) is 12.2 Å². The number of unbranched alkanes of at least 4 members (excludes halogenated alkanes) is 2. The van der Waals surface area contributed by atoms with Crippen LogP contribution in [0.1, 0.15) is 84.5 Å². The zero-order valence-electron chi connectivity index (χ0n) is 14.7. The van der Waals surface area contributed by atoms with Crippen LogP contribution in [0.4, 0.5) is 0 Å². The number of rotatable bonds is 8. The molecule has 0 heterocycles. The summed E-state index contributed by atoms with van der Waals surface area (Å²) in [6.45, 7) is 7.90. The average molecular weight is 323 g/mol. The van der Waals surface area contributed by atoms with Crippen molar-refractivity contribution >= 4 is 14.3 Å². The minimum atomic E-state index is -2.00. The Kier molecular flexibility index (Phi) is 6.73. The Hall–Kier alpha value is -0.573. The highest BCUT2D eigenvalue weighted by molar-refractivity contribution is 6.78. The second-order valence-electron chi connectivity index (χ2n) is 7.54. The van der Waals surface area contributed by atoms with Gasteiger partial charge in [0.2, 0.25) is 0 Å². The summed E-state index contributed by atoms with van der Waals surface area (Å²) < 4.78 is 6.41. The molecule has 2 rings (SSSR count). The zero-order valence-corrected chi connectivity index (χ0v) is 15.7. The molecule has 0 atom stereocenters. The molecule has 0 bridgehead atoms. The number of hydrogen-bond acceptors (Lipinski definition) is 2. The third-order valence-corrected chi connectivity index (χ3v) is 11.5. The van der Waals surface area contributed by atoms with Gasteiger partial charge < -0.3 is 4.43 Å². The van der Waals surface area contributed by atoms with Crippen molar-refractivity contribution in [3.8, 4) is 0 Å². The minimum absolute atomic E-state index is 0.0954. The third-order valence-electron chi connectivity index (χ3n) is 5.89. The Morgan fingerprint density at radius 1 is 1.05 bits per heavy atom. The average Bonchev–Trinajstić information content (AvgIpc) is 3.19. The largest absolute Gasteiger partial charge is 0.515 e. The Bertz CT molecular complexity index is 363. The summed E-state index contributed by atoms with van der Waals surface area (Å²) in [5.41, 5.74) is 2.02. The summed E-state index contributed by atoms with van der Waals surface area (Å²) in [5, 5.41) is 0. The topological polar surface area (TPSA) is 26.3 Å². The van der Waals surface area contributed by atoms with Crippen LogP contribution in [0, 0.1) is 0 Å². The molecule has 2 aliphatic carbocycles. The number of hydrogen-bond donors (Lipinski definition) is 0. The molecule has 0 radical (unpaired) electrons. The Morgan fingerprint density at radius 3 is 1.95 bits per heavy atom. The maximum Gasteiger partial charge on any atom is 0.319 e. The molecule has 0 unspecified atom stereocenters. The van der Waals surface area contributed by atoms with E-state index >= 15 is 0 Å². The highest BCUT2D eigenvalue weighted by atomic mass is 28.4. The van der Waals surface area contributed by atoms with Crippen molar-refractivity contribution in [1.82, 2.24) is 0 Å². The maximum atomic E-state index is 12.4. The Morgan fingerprint density at radius 2 is 1.55 bits per heavy atom. The van der Waals surface area contributed by atoms with Gasteiger partial charge in [0, 0.05) is 5.57 Å². The van der Waals surface area contributed by atoms with Gasteiger partial charge in [-0.05, 0) is 49.7 Å². The second-order valence-corrected chi connectivity index (χ2v) is 11.8. The van der Waals surface area contributed by atoms with E-state index in [4.69, 9.17) is 4.43 Å². The van der Waals surface area contributed by atoms with Crippen LogP contribution in [0.2, 0.25) is 17.1 Å². The van der Waals surface area contributed by atoms with Crippen LogP contribution >= 0.6 is 0 Å². The summed E-state index contributed by atoms with van der Waals surface area (Å²) in [7, 11) is -2.00. The van der Waals surface area contributed by atoms with Crippen LogP contribution in [0.5, 0.6) is 0 Å². The van der Waals surface area contributed by atoms with Gasteiger partial charge in [0.1, 0.15) is 0 Å². The van der Waals surface area contributed by atoms with E-state index in [1.54, 1.807) is 6.92 Å². The fraction of sp³-hybridized carbons (Fsp3) is 0.842. The molecule has 0 N–H and O–H groups in total. The maximum absolute atomic E-state index is 12.4. The molecule has 2 fully saturated rings. The van der Waals surface area contributed by atoms with E-state index in [0.717, 1.165) is 11.1 Å². The van der Waals surface area contributed by atoms with E-state index in [1.807, 2.05) is 0 Å².